The lowest BCUT2D eigenvalue weighted by Crippen LogP contribution is -2.00. The number of hydrogen-bond donors (Lipinski definition) is 0. The van der Waals surface area contributed by atoms with Crippen LogP contribution in [0.15, 0.2) is 28.7 Å². The molecular weight excluding hydrogens is 324 g/mol. The van der Waals surface area contributed by atoms with Crippen molar-refractivity contribution in [3.8, 4) is 5.75 Å². The molecule has 0 saturated carbocycles. The van der Waals surface area contributed by atoms with E-state index in [0.717, 1.165) is 15.1 Å². The molecule has 19 heavy (non-hydrogen) atoms. The van der Waals surface area contributed by atoms with Crippen LogP contribution in [0.4, 0.5) is 0 Å². The SMILES string of the molecule is CCOc1ccc(C(=O)c2cc(C)c(C)s2)cc1Br. The van der Waals surface area contributed by atoms with Gasteiger partial charge in [0.1, 0.15) is 5.75 Å². The van der Waals surface area contributed by atoms with E-state index in [-0.39, 0.29) is 5.78 Å². The lowest BCUT2D eigenvalue weighted by atomic mass is 10.1. The van der Waals surface area contributed by atoms with Crippen molar-refractivity contribution in [3.05, 3.63) is 49.6 Å². The molecule has 2 aromatic rings. The van der Waals surface area contributed by atoms with Crippen LogP contribution in [0.25, 0.3) is 0 Å². The third-order valence-electron chi connectivity index (χ3n) is 2.88. The second-order valence-electron chi connectivity index (χ2n) is 4.26. The average Bonchev–Trinajstić information content (AvgIpc) is 2.71. The van der Waals surface area contributed by atoms with E-state index in [1.165, 1.54) is 10.4 Å². The van der Waals surface area contributed by atoms with Gasteiger partial charge in [0.15, 0.2) is 0 Å². The van der Waals surface area contributed by atoms with Gasteiger partial charge in [-0.3, -0.25) is 4.79 Å². The molecule has 0 fully saturated rings. The van der Waals surface area contributed by atoms with E-state index in [9.17, 15) is 4.79 Å². The fraction of sp³-hybridized carbons (Fsp3) is 0.267. The number of carbonyl (C=O) groups is 1. The number of hydrogen-bond acceptors (Lipinski definition) is 3. The molecule has 1 heterocycles. The minimum atomic E-state index is 0.0601. The van der Waals surface area contributed by atoms with E-state index < -0.39 is 0 Å². The van der Waals surface area contributed by atoms with E-state index >= 15 is 0 Å². The number of ether oxygens (including phenoxy) is 1. The highest BCUT2D eigenvalue weighted by Crippen LogP contribution is 2.29. The predicted octanol–water partition coefficient (Wildman–Crippen LogP) is 4.76. The molecule has 1 aromatic carbocycles. The maximum atomic E-state index is 12.4. The Morgan fingerprint density at radius 1 is 1.32 bits per heavy atom. The van der Waals surface area contributed by atoms with Crippen LogP contribution in [0.1, 0.15) is 32.6 Å². The molecule has 0 spiro atoms. The van der Waals surface area contributed by atoms with E-state index in [0.29, 0.717) is 12.2 Å². The molecule has 0 atom stereocenters. The van der Waals surface area contributed by atoms with Crippen molar-refractivity contribution in [3.63, 3.8) is 0 Å². The fourth-order valence-electron chi connectivity index (χ4n) is 1.74. The van der Waals surface area contributed by atoms with Gasteiger partial charge < -0.3 is 4.74 Å². The first-order valence-corrected chi connectivity index (χ1v) is 7.68. The zero-order valence-corrected chi connectivity index (χ0v) is 13.5. The zero-order valence-electron chi connectivity index (χ0n) is 11.1. The van der Waals surface area contributed by atoms with Crippen molar-refractivity contribution in [2.24, 2.45) is 0 Å². The molecule has 2 nitrogen and oxygen atoms in total. The highest BCUT2D eigenvalue weighted by molar-refractivity contribution is 9.10. The van der Waals surface area contributed by atoms with Gasteiger partial charge in [0, 0.05) is 10.4 Å². The summed E-state index contributed by atoms with van der Waals surface area (Å²) in [6.45, 7) is 6.60. The Bertz CT molecular complexity index is 597. The Balaban J connectivity index is 2.31. The highest BCUT2D eigenvalue weighted by atomic mass is 79.9. The second-order valence-corrected chi connectivity index (χ2v) is 6.37. The Kier molecular flexibility index (Phi) is 4.42. The summed E-state index contributed by atoms with van der Waals surface area (Å²) in [4.78, 5) is 14.4. The number of benzene rings is 1. The summed E-state index contributed by atoms with van der Waals surface area (Å²) in [6, 6.07) is 7.40. The van der Waals surface area contributed by atoms with Gasteiger partial charge in [-0.15, -0.1) is 11.3 Å². The smallest absolute Gasteiger partial charge is 0.203 e. The van der Waals surface area contributed by atoms with Crippen LogP contribution >= 0.6 is 27.3 Å². The van der Waals surface area contributed by atoms with Crippen LogP contribution in [0.3, 0.4) is 0 Å². The van der Waals surface area contributed by atoms with Crippen LogP contribution in [0.2, 0.25) is 0 Å². The molecular formula is C15H15BrO2S. The van der Waals surface area contributed by atoms with E-state index in [2.05, 4.69) is 15.9 Å². The van der Waals surface area contributed by atoms with Crippen LogP contribution in [0.5, 0.6) is 5.75 Å². The van der Waals surface area contributed by atoms with Crippen LogP contribution in [-0.4, -0.2) is 12.4 Å². The Hall–Kier alpha value is -1.13. The second kappa shape index (κ2) is 5.88. The Labute approximate surface area is 125 Å². The van der Waals surface area contributed by atoms with Gasteiger partial charge in [-0.1, -0.05) is 0 Å². The van der Waals surface area contributed by atoms with Gasteiger partial charge in [-0.25, -0.2) is 0 Å². The van der Waals surface area contributed by atoms with Crippen LogP contribution in [-0.2, 0) is 0 Å². The Morgan fingerprint density at radius 2 is 2.05 bits per heavy atom. The van der Waals surface area contributed by atoms with Crippen molar-refractivity contribution in [1.82, 2.24) is 0 Å². The third-order valence-corrected chi connectivity index (χ3v) is 4.65. The van der Waals surface area contributed by atoms with Crippen LogP contribution < -0.4 is 4.74 Å². The minimum Gasteiger partial charge on any atom is -0.493 e. The van der Waals surface area contributed by atoms with Gasteiger partial charge in [0.2, 0.25) is 5.78 Å². The number of halogens is 1. The molecule has 0 aliphatic heterocycles. The molecule has 0 amide bonds. The fourth-order valence-corrected chi connectivity index (χ4v) is 3.23. The molecule has 2 rings (SSSR count). The summed E-state index contributed by atoms with van der Waals surface area (Å²) in [5, 5.41) is 0. The van der Waals surface area contributed by atoms with Gasteiger partial charge in [0.05, 0.1) is 16.0 Å². The highest BCUT2D eigenvalue weighted by Gasteiger charge is 2.14. The Morgan fingerprint density at radius 3 is 2.58 bits per heavy atom. The molecule has 0 bridgehead atoms. The normalized spacial score (nSPS) is 10.5. The first-order valence-electron chi connectivity index (χ1n) is 6.07. The van der Waals surface area contributed by atoms with E-state index in [1.54, 1.807) is 11.3 Å². The summed E-state index contributed by atoms with van der Waals surface area (Å²) in [6.07, 6.45) is 0. The predicted molar refractivity (Wildman–Crippen MR) is 82.5 cm³/mol. The molecule has 0 aliphatic rings. The molecule has 0 saturated heterocycles. The molecule has 1 aromatic heterocycles. The molecule has 0 aliphatic carbocycles. The number of ketones is 1. The van der Waals surface area contributed by atoms with Gasteiger partial charge in [-0.2, -0.15) is 0 Å². The molecule has 0 unspecified atom stereocenters. The van der Waals surface area contributed by atoms with Gasteiger partial charge in [0.25, 0.3) is 0 Å². The van der Waals surface area contributed by atoms with E-state index in [4.69, 9.17) is 4.74 Å². The summed E-state index contributed by atoms with van der Waals surface area (Å²) >= 11 is 4.98. The summed E-state index contributed by atoms with van der Waals surface area (Å²) in [7, 11) is 0. The topological polar surface area (TPSA) is 26.3 Å². The van der Waals surface area contributed by atoms with E-state index in [1.807, 2.05) is 45.0 Å². The molecule has 0 radical (unpaired) electrons. The molecule has 0 N–H and O–H groups in total. The number of rotatable bonds is 4. The van der Waals surface area contributed by atoms with Crippen LogP contribution in [0, 0.1) is 13.8 Å². The lowest BCUT2D eigenvalue weighted by Gasteiger charge is -2.06. The van der Waals surface area contributed by atoms with Crippen molar-refractivity contribution < 1.29 is 9.53 Å². The maximum absolute atomic E-state index is 12.4. The number of thiophene rings is 1. The van der Waals surface area contributed by atoms with Crippen molar-refractivity contribution in [2.45, 2.75) is 20.8 Å². The van der Waals surface area contributed by atoms with Gasteiger partial charge >= 0.3 is 0 Å². The largest absolute Gasteiger partial charge is 0.493 e. The summed E-state index contributed by atoms with van der Waals surface area (Å²) < 4.78 is 6.26. The number of aryl methyl sites for hydroxylation is 2. The van der Waals surface area contributed by atoms with Crippen molar-refractivity contribution >= 4 is 33.0 Å². The van der Waals surface area contributed by atoms with Gasteiger partial charge in [-0.05, 0) is 66.5 Å². The maximum Gasteiger partial charge on any atom is 0.203 e. The van der Waals surface area contributed by atoms with Crippen molar-refractivity contribution in [2.75, 3.05) is 6.61 Å². The summed E-state index contributed by atoms with van der Waals surface area (Å²) in [5.74, 6) is 0.822. The number of carbonyl (C=O) groups excluding carboxylic acids is 1. The lowest BCUT2D eigenvalue weighted by molar-refractivity contribution is 0.104. The first-order chi connectivity index (χ1) is 9.02. The molecule has 4 heteroatoms. The summed E-state index contributed by atoms with van der Waals surface area (Å²) in [5.41, 5.74) is 1.84. The quantitative estimate of drug-likeness (QED) is 0.751. The standard InChI is InChI=1S/C15H15BrO2S/c1-4-18-13-6-5-11(8-12(13)16)15(17)14-7-9(2)10(3)19-14/h5-8H,4H2,1-3H3. The van der Waals surface area contributed by atoms with Crippen molar-refractivity contribution in [1.29, 1.82) is 0 Å². The minimum absolute atomic E-state index is 0.0601. The third kappa shape index (κ3) is 3.07. The zero-order chi connectivity index (χ0) is 14.0. The molecule has 100 valence electrons. The monoisotopic (exact) mass is 338 g/mol. The average molecular weight is 339 g/mol. The first kappa shape index (κ1) is 14.3.